The van der Waals surface area contributed by atoms with Gasteiger partial charge in [-0.1, -0.05) is 31.5 Å². The van der Waals surface area contributed by atoms with Gasteiger partial charge in [-0.25, -0.2) is 0 Å². The van der Waals surface area contributed by atoms with Gasteiger partial charge < -0.3 is 14.5 Å². The standard InChI is InChI=1S/C24H28N2O3S/c1-3-17-16-19(24(30-17)25-23(27)21-12-9-15-29-21)22(26-13-7-4-8-14-26)18-10-5-6-11-20(18)28-2/h5-6,9-12,15-16,22H,3-4,7-8,13-14H2,1-2H3,(H,25,27)/t22-/m0/s1. The maximum Gasteiger partial charge on any atom is 0.291 e. The number of aryl methyl sites for hydroxylation is 1. The Morgan fingerprint density at radius 3 is 2.67 bits per heavy atom. The molecule has 3 aromatic rings. The van der Waals surface area contributed by atoms with Gasteiger partial charge >= 0.3 is 0 Å². The zero-order chi connectivity index (χ0) is 20.9. The van der Waals surface area contributed by atoms with Crippen molar-refractivity contribution < 1.29 is 13.9 Å². The molecule has 0 spiro atoms. The third kappa shape index (κ3) is 4.30. The molecule has 5 nitrogen and oxygen atoms in total. The number of carbonyl (C=O) groups excluding carboxylic acids is 1. The number of piperidine rings is 1. The van der Waals surface area contributed by atoms with Gasteiger partial charge in [-0.15, -0.1) is 11.3 Å². The summed E-state index contributed by atoms with van der Waals surface area (Å²) in [5.74, 6) is 0.975. The fourth-order valence-corrected chi connectivity index (χ4v) is 5.16. The molecule has 158 valence electrons. The molecule has 1 aliphatic rings. The number of hydrogen-bond acceptors (Lipinski definition) is 5. The van der Waals surface area contributed by atoms with E-state index in [4.69, 9.17) is 9.15 Å². The third-order valence-electron chi connectivity index (χ3n) is 5.62. The van der Waals surface area contributed by atoms with E-state index < -0.39 is 0 Å². The van der Waals surface area contributed by atoms with E-state index in [1.54, 1.807) is 30.6 Å². The predicted octanol–water partition coefficient (Wildman–Crippen LogP) is 5.74. The molecule has 30 heavy (non-hydrogen) atoms. The number of methoxy groups -OCH3 is 1. The van der Waals surface area contributed by atoms with Crippen molar-refractivity contribution >= 4 is 22.2 Å². The van der Waals surface area contributed by atoms with Crippen LogP contribution in [0.5, 0.6) is 5.75 Å². The summed E-state index contributed by atoms with van der Waals surface area (Å²) in [4.78, 5) is 16.5. The van der Waals surface area contributed by atoms with E-state index in [1.165, 1.54) is 30.4 Å². The van der Waals surface area contributed by atoms with Gasteiger partial charge in [0.15, 0.2) is 5.76 Å². The molecule has 1 saturated heterocycles. The molecule has 2 aromatic heterocycles. The summed E-state index contributed by atoms with van der Waals surface area (Å²) in [7, 11) is 1.72. The summed E-state index contributed by atoms with van der Waals surface area (Å²) in [6.45, 7) is 4.21. The van der Waals surface area contributed by atoms with Crippen LogP contribution in [-0.2, 0) is 6.42 Å². The number of carbonyl (C=O) groups is 1. The summed E-state index contributed by atoms with van der Waals surface area (Å²) in [6.07, 6.45) is 6.08. The molecule has 0 aliphatic carbocycles. The molecule has 3 heterocycles. The molecule has 1 atom stereocenters. The van der Waals surface area contributed by atoms with Crippen LogP contribution in [0.1, 0.15) is 58.8 Å². The summed E-state index contributed by atoms with van der Waals surface area (Å²) < 4.78 is 11.0. The molecule has 1 amide bonds. The highest BCUT2D eigenvalue weighted by Gasteiger charge is 2.30. The highest BCUT2D eigenvalue weighted by Crippen LogP contribution is 2.43. The monoisotopic (exact) mass is 424 g/mol. The first-order valence-electron chi connectivity index (χ1n) is 10.6. The van der Waals surface area contributed by atoms with Gasteiger partial charge in [0.05, 0.1) is 19.4 Å². The lowest BCUT2D eigenvalue weighted by Crippen LogP contribution is -2.34. The Bertz CT molecular complexity index is 974. The molecule has 1 aliphatic heterocycles. The van der Waals surface area contributed by atoms with E-state index in [2.05, 4.69) is 35.3 Å². The lowest BCUT2D eigenvalue weighted by atomic mass is 9.95. The van der Waals surface area contributed by atoms with E-state index in [0.717, 1.165) is 41.4 Å². The molecule has 6 heteroatoms. The van der Waals surface area contributed by atoms with Crippen molar-refractivity contribution in [1.29, 1.82) is 0 Å². The molecule has 1 fully saturated rings. The minimum atomic E-state index is -0.219. The number of furan rings is 1. The van der Waals surface area contributed by atoms with Crippen LogP contribution in [0.3, 0.4) is 0 Å². The Hall–Kier alpha value is -2.57. The van der Waals surface area contributed by atoms with E-state index in [1.807, 2.05) is 12.1 Å². The van der Waals surface area contributed by atoms with Crippen molar-refractivity contribution in [2.75, 3.05) is 25.5 Å². The highest BCUT2D eigenvalue weighted by molar-refractivity contribution is 7.16. The highest BCUT2D eigenvalue weighted by atomic mass is 32.1. The van der Waals surface area contributed by atoms with Crippen LogP contribution >= 0.6 is 11.3 Å². The van der Waals surface area contributed by atoms with Crippen LogP contribution in [0.25, 0.3) is 0 Å². The molecule has 0 bridgehead atoms. The second-order valence-corrected chi connectivity index (χ2v) is 8.66. The first-order valence-corrected chi connectivity index (χ1v) is 11.4. The Kier molecular flexibility index (Phi) is 6.55. The number of para-hydroxylation sites is 1. The fraction of sp³-hybridized carbons (Fsp3) is 0.375. The number of rotatable bonds is 7. The zero-order valence-electron chi connectivity index (χ0n) is 17.5. The number of likely N-dealkylation sites (tertiary alicyclic amines) is 1. The smallest absolute Gasteiger partial charge is 0.291 e. The van der Waals surface area contributed by atoms with Crippen molar-refractivity contribution in [3.63, 3.8) is 0 Å². The summed E-state index contributed by atoms with van der Waals surface area (Å²) in [5, 5.41) is 4.00. The summed E-state index contributed by atoms with van der Waals surface area (Å²) in [6, 6.07) is 13.9. The Balaban J connectivity index is 1.78. The van der Waals surface area contributed by atoms with Crippen LogP contribution in [0.2, 0.25) is 0 Å². The lowest BCUT2D eigenvalue weighted by molar-refractivity contribution is 0.0996. The predicted molar refractivity (Wildman–Crippen MR) is 121 cm³/mol. The number of amides is 1. The van der Waals surface area contributed by atoms with Gasteiger partial charge in [-0.2, -0.15) is 0 Å². The van der Waals surface area contributed by atoms with Crippen LogP contribution in [0.15, 0.2) is 53.1 Å². The van der Waals surface area contributed by atoms with Crippen molar-refractivity contribution in [2.24, 2.45) is 0 Å². The van der Waals surface area contributed by atoms with Crippen LogP contribution in [0, 0.1) is 0 Å². The maximum absolute atomic E-state index is 12.7. The number of anilines is 1. The quantitative estimate of drug-likeness (QED) is 0.525. The first kappa shape index (κ1) is 20.7. The van der Waals surface area contributed by atoms with E-state index in [0.29, 0.717) is 5.76 Å². The van der Waals surface area contributed by atoms with E-state index in [-0.39, 0.29) is 11.9 Å². The van der Waals surface area contributed by atoms with Crippen LogP contribution in [-0.4, -0.2) is 31.0 Å². The average molecular weight is 425 g/mol. The van der Waals surface area contributed by atoms with Crippen molar-refractivity contribution in [3.8, 4) is 5.75 Å². The molecule has 1 aromatic carbocycles. The van der Waals surface area contributed by atoms with E-state index in [9.17, 15) is 4.79 Å². The Labute approximate surface area is 181 Å². The van der Waals surface area contributed by atoms with Gasteiger partial charge in [0.25, 0.3) is 5.91 Å². The molecule has 1 N–H and O–H groups in total. The summed E-state index contributed by atoms with van der Waals surface area (Å²) >= 11 is 1.64. The van der Waals surface area contributed by atoms with Gasteiger partial charge in [0.2, 0.25) is 0 Å². The second-order valence-electron chi connectivity index (χ2n) is 7.52. The maximum atomic E-state index is 12.7. The van der Waals surface area contributed by atoms with Gasteiger partial charge in [0.1, 0.15) is 10.8 Å². The molecular weight excluding hydrogens is 396 g/mol. The van der Waals surface area contributed by atoms with Gasteiger partial charge in [-0.3, -0.25) is 9.69 Å². The third-order valence-corrected chi connectivity index (χ3v) is 6.83. The molecule has 0 saturated carbocycles. The normalized spacial score (nSPS) is 15.7. The molecule has 4 rings (SSSR count). The minimum Gasteiger partial charge on any atom is -0.496 e. The average Bonchev–Trinajstić information content (AvgIpc) is 3.46. The zero-order valence-corrected chi connectivity index (χ0v) is 18.3. The van der Waals surface area contributed by atoms with Gasteiger partial charge in [0, 0.05) is 16.0 Å². The lowest BCUT2D eigenvalue weighted by Gasteiger charge is -2.35. The summed E-state index contributed by atoms with van der Waals surface area (Å²) in [5.41, 5.74) is 2.26. The van der Waals surface area contributed by atoms with E-state index >= 15 is 0 Å². The van der Waals surface area contributed by atoms with Crippen molar-refractivity contribution in [1.82, 2.24) is 4.90 Å². The van der Waals surface area contributed by atoms with Crippen LogP contribution in [0.4, 0.5) is 5.00 Å². The number of benzene rings is 1. The first-order chi connectivity index (χ1) is 14.7. The minimum absolute atomic E-state index is 0.0323. The van der Waals surface area contributed by atoms with Gasteiger partial charge in [-0.05, 0) is 56.6 Å². The SMILES string of the molecule is CCc1cc([C@H](c2ccccc2OC)N2CCCCC2)c(NC(=O)c2ccco2)s1. The number of nitrogens with zero attached hydrogens (tertiary/aromatic N) is 1. The molecule has 0 unspecified atom stereocenters. The van der Waals surface area contributed by atoms with Crippen LogP contribution < -0.4 is 10.1 Å². The topological polar surface area (TPSA) is 54.7 Å². The second kappa shape index (κ2) is 9.49. The number of thiophene rings is 1. The largest absolute Gasteiger partial charge is 0.496 e. The number of hydrogen-bond donors (Lipinski definition) is 1. The van der Waals surface area contributed by atoms with Crippen molar-refractivity contribution in [3.05, 3.63) is 70.5 Å². The number of ether oxygens (including phenoxy) is 1. The number of nitrogens with one attached hydrogen (secondary N) is 1. The Morgan fingerprint density at radius 2 is 1.97 bits per heavy atom. The van der Waals surface area contributed by atoms with Crippen molar-refractivity contribution in [2.45, 2.75) is 38.6 Å². The fourth-order valence-electron chi connectivity index (χ4n) is 4.14. The molecule has 0 radical (unpaired) electrons. The molecular formula is C24H28N2O3S. The Morgan fingerprint density at radius 1 is 1.17 bits per heavy atom.